The zero-order valence-corrected chi connectivity index (χ0v) is 18.0. The second-order valence-electron chi connectivity index (χ2n) is 8.43. The average Bonchev–Trinajstić information content (AvgIpc) is 3.08. The van der Waals surface area contributed by atoms with Crippen molar-refractivity contribution in [2.24, 2.45) is 5.92 Å². The number of benzene rings is 1. The molecule has 1 aromatic carbocycles. The van der Waals surface area contributed by atoms with Crippen LogP contribution in [0.25, 0.3) is 10.2 Å². The minimum absolute atomic E-state index is 0.730. The fourth-order valence-electron chi connectivity index (χ4n) is 4.28. The molecule has 2 aromatic heterocycles. The van der Waals surface area contributed by atoms with E-state index in [0.717, 1.165) is 79.3 Å². The molecule has 5 rings (SSSR count). The molecule has 0 spiro atoms. The monoisotopic (exact) mass is 410 g/mol. The molecule has 152 valence electrons. The number of hydrogen-bond acceptors (Lipinski definition) is 5. The number of nitrogens with zero attached hydrogens (tertiary/aromatic N) is 2. The van der Waals surface area contributed by atoms with Gasteiger partial charge in [0.1, 0.15) is 30.2 Å². The predicted molar refractivity (Wildman–Crippen MR) is 115 cm³/mol. The quantitative estimate of drug-likeness (QED) is 0.717. The molecule has 0 amide bonds. The third-order valence-corrected chi connectivity index (χ3v) is 7.16. The van der Waals surface area contributed by atoms with Crippen molar-refractivity contribution in [1.29, 1.82) is 0 Å². The highest BCUT2D eigenvalue weighted by Crippen LogP contribution is 2.41. The summed E-state index contributed by atoms with van der Waals surface area (Å²) in [6.07, 6.45) is 3.46. The number of ether oxygens (including phenoxy) is 2. The van der Waals surface area contributed by atoms with E-state index >= 15 is 0 Å². The van der Waals surface area contributed by atoms with Gasteiger partial charge < -0.3 is 14.4 Å². The third kappa shape index (κ3) is 4.02. The molecule has 1 aliphatic carbocycles. The summed E-state index contributed by atoms with van der Waals surface area (Å²) in [4.78, 5) is 13.9. The number of quaternary nitrogens is 1. The smallest absolute Gasteiger partial charge is 0.231 e. The molecule has 6 heteroatoms. The van der Waals surface area contributed by atoms with Gasteiger partial charge in [0.25, 0.3) is 0 Å². The number of rotatable bonds is 4. The summed E-state index contributed by atoms with van der Waals surface area (Å²) in [5.74, 6) is 3.18. The summed E-state index contributed by atoms with van der Waals surface area (Å²) in [5.41, 5.74) is 2.64. The van der Waals surface area contributed by atoms with Gasteiger partial charge in [-0.3, -0.25) is 0 Å². The molecular formula is C23H28N3O2S+. The van der Waals surface area contributed by atoms with Crippen molar-refractivity contribution < 1.29 is 14.4 Å². The Morgan fingerprint density at radius 2 is 1.97 bits per heavy atom. The van der Waals surface area contributed by atoms with Crippen molar-refractivity contribution in [3.05, 3.63) is 46.1 Å². The van der Waals surface area contributed by atoms with Gasteiger partial charge >= 0.3 is 0 Å². The Hall–Kier alpha value is -2.02. The van der Waals surface area contributed by atoms with Gasteiger partial charge in [-0.1, -0.05) is 24.6 Å². The van der Waals surface area contributed by atoms with Crippen molar-refractivity contribution in [3.8, 4) is 11.6 Å². The number of thiophene rings is 1. The lowest BCUT2D eigenvalue weighted by Crippen LogP contribution is -3.12. The molecule has 0 saturated carbocycles. The molecule has 2 aliphatic rings. The SMILES string of the molecule is Cc1ccc(Oc2nc(C[NH+]3CCOCC3)nc3sc4c(c23)CC[C@@H](C)C4)cc1. The van der Waals surface area contributed by atoms with Crippen LogP contribution in [0.3, 0.4) is 0 Å². The number of fused-ring (bicyclic) bond motifs is 3. The first-order chi connectivity index (χ1) is 14.2. The van der Waals surface area contributed by atoms with Crippen LogP contribution in [0.2, 0.25) is 0 Å². The third-order valence-electron chi connectivity index (χ3n) is 6.01. The van der Waals surface area contributed by atoms with Gasteiger partial charge in [-0.2, -0.15) is 4.98 Å². The molecule has 1 N–H and O–H groups in total. The van der Waals surface area contributed by atoms with Crippen molar-refractivity contribution in [3.63, 3.8) is 0 Å². The molecule has 1 atom stereocenters. The average molecular weight is 411 g/mol. The van der Waals surface area contributed by atoms with Gasteiger partial charge in [-0.15, -0.1) is 11.3 Å². The second kappa shape index (κ2) is 8.01. The fourth-order valence-corrected chi connectivity index (χ4v) is 5.67. The molecular weight excluding hydrogens is 382 g/mol. The van der Waals surface area contributed by atoms with Crippen molar-refractivity contribution in [1.82, 2.24) is 9.97 Å². The van der Waals surface area contributed by atoms with Gasteiger partial charge in [-0.05, 0) is 49.8 Å². The molecule has 0 radical (unpaired) electrons. The van der Waals surface area contributed by atoms with Crippen LogP contribution in [0, 0.1) is 12.8 Å². The van der Waals surface area contributed by atoms with Crippen molar-refractivity contribution in [2.75, 3.05) is 26.3 Å². The van der Waals surface area contributed by atoms with Crippen LogP contribution in [0.15, 0.2) is 24.3 Å². The van der Waals surface area contributed by atoms with Gasteiger partial charge in [-0.25, -0.2) is 4.98 Å². The Balaban J connectivity index is 1.55. The van der Waals surface area contributed by atoms with E-state index in [-0.39, 0.29) is 0 Å². The Kier molecular flexibility index (Phi) is 5.24. The molecule has 0 unspecified atom stereocenters. The summed E-state index contributed by atoms with van der Waals surface area (Å²) >= 11 is 1.84. The van der Waals surface area contributed by atoms with Crippen LogP contribution in [0.1, 0.15) is 35.2 Å². The molecule has 1 aliphatic heterocycles. The number of nitrogens with one attached hydrogen (secondary N) is 1. The first-order valence-electron chi connectivity index (χ1n) is 10.6. The lowest BCUT2D eigenvalue weighted by molar-refractivity contribution is -0.922. The first-order valence-corrected chi connectivity index (χ1v) is 11.4. The van der Waals surface area contributed by atoms with E-state index in [2.05, 4.69) is 26.0 Å². The van der Waals surface area contributed by atoms with Gasteiger partial charge in [0.2, 0.25) is 5.88 Å². The zero-order valence-electron chi connectivity index (χ0n) is 17.2. The number of aromatic nitrogens is 2. The predicted octanol–water partition coefficient (Wildman–Crippen LogP) is 3.33. The first kappa shape index (κ1) is 19.0. The Bertz CT molecular complexity index is 1010. The van der Waals surface area contributed by atoms with E-state index in [0.29, 0.717) is 0 Å². The maximum atomic E-state index is 6.35. The lowest BCUT2D eigenvalue weighted by atomic mass is 9.89. The molecule has 3 aromatic rings. The van der Waals surface area contributed by atoms with Crippen LogP contribution in [-0.4, -0.2) is 36.3 Å². The topological polar surface area (TPSA) is 48.7 Å². The van der Waals surface area contributed by atoms with E-state index in [1.165, 1.54) is 27.3 Å². The fraction of sp³-hybridized carbons (Fsp3) is 0.478. The Morgan fingerprint density at radius 1 is 1.17 bits per heavy atom. The molecule has 1 fully saturated rings. The van der Waals surface area contributed by atoms with Crippen molar-refractivity contribution in [2.45, 2.75) is 39.7 Å². The highest BCUT2D eigenvalue weighted by Gasteiger charge is 2.26. The van der Waals surface area contributed by atoms with Crippen LogP contribution < -0.4 is 9.64 Å². The maximum Gasteiger partial charge on any atom is 0.231 e. The second-order valence-corrected chi connectivity index (χ2v) is 9.51. The summed E-state index contributed by atoms with van der Waals surface area (Å²) in [6.45, 7) is 8.90. The highest BCUT2D eigenvalue weighted by atomic mass is 32.1. The Morgan fingerprint density at radius 3 is 2.76 bits per heavy atom. The standard InChI is InChI=1S/C23H27N3O2S/c1-15-3-6-17(7-4-15)28-22-21-18-8-5-16(2)13-19(18)29-23(21)25-20(24-22)14-26-9-11-27-12-10-26/h3-4,6-7,16H,5,8-14H2,1-2H3/p+1/t16-/m1/s1. The van der Waals surface area contributed by atoms with E-state index < -0.39 is 0 Å². The van der Waals surface area contributed by atoms with Gasteiger partial charge in [0, 0.05) is 4.88 Å². The lowest BCUT2D eigenvalue weighted by Gasteiger charge is -2.23. The van der Waals surface area contributed by atoms with E-state index in [9.17, 15) is 0 Å². The van der Waals surface area contributed by atoms with Gasteiger partial charge in [0.05, 0.1) is 18.6 Å². The van der Waals surface area contributed by atoms with E-state index in [1.807, 2.05) is 23.5 Å². The minimum atomic E-state index is 0.730. The molecule has 0 bridgehead atoms. The van der Waals surface area contributed by atoms with Crippen molar-refractivity contribution >= 4 is 21.6 Å². The van der Waals surface area contributed by atoms with Crippen LogP contribution in [0.5, 0.6) is 11.6 Å². The summed E-state index contributed by atoms with van der Waals surface area (Å²) in [5, 5.41) is 1.14. The Labute approximate surface area is 175 Å². The number of aryl methyl sites for hydroxylation is 2. The maximum absolute atomic E-state index is 6.35. The molecule has 5 nitrogen and oxygen atoms in total. The molecule has 29 heavy (non-hydrogen) atoms. The van der Waals surface area contributed by atoms with Crippen LogP contribution in [0.4, 0.5) is 0 Å². The van der Waals surface area contributed by atoms with Crippen LogP contribution >= 0.6 is 11.3 Å². The summed E-state index contributed by atoms with van der Waals surface area (Å²) in [6, 6.07) is 8.21. The van der Waals surface area contributed by atoms with E-state index in [4.69, 9.17) is 19.4 Å². The summed E-state index contributed by atoms with van der Waals surface area (Å²) < 4.78 is 11.9. The normalized spacial score (nSPS) is 20.0. The van der Waals surface area contributed by atoms with E-state index in [1.54, 1.807) is 0 Å². The molecule has 1 saturated heterocycles. The number of hydrogen-bond donors (Lipinski definition) is 1. The van der Waals surface area contributed by atoms with Crippen LogP contribution in [-0.2, 0) is 24.1 Å². The largest absolute Gasteiger partial charge is 0.438 e. The highest BCUT2D eigenvalue weighted by molar-refractivity contribution is 7.18. The molecule has 3 heterocycles. The minimum Gasteiger partial charge on any atom is -0.438 e. The number of morpholine rings is 1. The zero-order chi connectivity index (χ0) is 19.8. The summed E-state index contributed by atoms with van der Waals surface area (Å²) in [7, 11) is 0. The van der Waals surface area contributed by atoms with Gasteiger partial charge in [0.15, 0.2) is 5.82 Å².